The van der Waals surface area contributed by atoms with Crippen molar-refractivity contribution >= 4 is 19.2 Å². The zero-order valence-corrected chi connectivity index (χ0v) is 15.8. The minimum absolute atomic E-state index is 0.156. The second-order valence-corrected chi connectivity index (χ2v) is 12.9. The zero-order valence-electron chi connectivity index (χ0n) is 14.8. The molecule has 2 aromatic heterocycles. The van der Waals surface area contributed by atoms with Gasteiger partial charge in [0.25, 0.3) is 0 Å². The van der Waals surface area contributed by atoms with Gasteiger partial charge in [0.2, 0.25) is 0 Å². The number of imidazole rings is 1. The normalized spacial score (nSPS) is 12.0. The minimum Gasteiger partial charge on any atom is -0.508 e. The molecule has 0 spiro atoms. The van der Waals surface area contributed by atoms with E-state index in [-0.39, 0.29) is 18.2 Å². The molecule has 0 amide bonds. The number of phenols is 1. The molecule has 0 bridgehead atoms. The molecule has 6 nitrogen and oxygen atoms in total. The van der Waals surface area contributed by atoms with E-state index >= 15 is 0 Å². The summed E-state index contributed by atoms with van der Waals surface area (Å²) in [5.74, 6) is 0.156. The Morgan fingerprint density at radius 2 is 1.88 bits per heavy atom. The predicted octanol–water partition coefficient (Wildman–Crippen LogP) is 3.21. The van der Waals surface area contributed by atoms with Crippen molar-refractivity contribution in [3.8, 4) is 11.4 Å². The van der Waals surface area contributed by atoms with E-state index in [1.54, 1.807) is 35.0 Å². The van der Waals surface area contributed by atoms with Crippen LogP contribution in [-0.4, -0.2) is 33.9 Å². The Labute approximate surface area is 147 Å². The third-order valence-electron chi connectivity index (χ3n) is 4.02. The van der Waals surface area contributed by atoms with Gasteiger partial charge >= 0.3 is 5.69 Å². The smallest absolute Gasteiger partial charge is 0.336 e. The van der Waals surface area contributed by atoms with Gasteiger partial charge in [-0.15, -0.1) is 0 Å². The highest BCUT2D eigenvalue weighted by molar-refractivity contribution is 6.76. The molecule has 2 heterocycles. The highest BCUT2D eigenvalue weighted by Gasteiger charge is 2.16. The van der Waals surface area contributed by atoms with Crippen molar-refractivity contribution in [3.05, 3.63) is 53.1 Å². The molecule has 3 aromatic rings. The van der Waals surface area contributed by atoms with E-state index in [4.69, 9.17) is 4.74 Å². The van der Waals surface area contributed by atoms with Crippen LogP contribution in [0, 0.1) is 0 Å². The topological polar surface area (TPSA) is 69.3 Å². The third kappa shape index (κ3) is 3.83. The Hall–Kier alpha value is -2.38. The molecule has 0 aliphatic heterocycles. The maximum Gasteiger partial charge on any atom is 0.336 e. The van der Waals surface area contributed by atoms with Crippen LogP contribution in [0.4, 0.5) is 0 Å². The first-order valence-corrected chi connectivity index (χ1v) is 12.0. The Morgan fingerprint density at radius 3 is 2.56 bits per heavy atom. The molecule has 0 unspecified atom stereocenters. The molecule has 0 saturated heterocycles. The summed E-state index contributed by atoms with van der Waals surface area (Å²) >= 11 is 0. The quantitative estimate of drug-likeness (QED) is 0.543. The molecule has 132 valence electrons. The average molecular weight is 357 g/mol. The molecule has 0 radical (unpaired) electrons. The number of ether oxygens (including phenoxy) is 1. The van der Waals surface area contributed by atoms with E-state index in [2.05, 4.69) is 24.6 Å². The Bertz CT molecular complexity index is 923. The molecule has 0 saturated carbocycles. The largest absolute Gasteiger partial charge is 0.508 e. The number of pyridine rings is 1. The Morgan fingerprint density at radius 1 is 1.16 bits per heavy atom. The number of fused-ring (bicyclic) bond motifs is 1. The van der Waals surface area contributed by atoms with E-state index in [0.717, 1.165) is 11.6 Å². The third-order valence-corrected chi connectivity index (χ3v) is 5.72. The number of aromatic hydroxyl groups is 1. The van der Waals surface area contributed by atoms with Crippen LogP contribution in [0.15, 0.2) is 47.4 Å². The summed E-state index contributed by atoms with van der Waals surface area (Å²) in [4.78, 5) is 17.3. The lowest BCUT2D eigenvalue weighted by molar-refractivity contribution is 0.0875. The monoisotopic (exact) mass is 357 g/mol. The van der Waals surface area contributed by atoms with Gasteiger partial charge in [-0.3, -0.25) is 4.57 Å². The molecular weight excluding hydrogens is 334 g/mol. The number of hydrogen-bond acceptors (Lipinski definition) is 4. The van der Waals surface area contributed by atoms with Crippen LogP contribution in [0.1, 0.15) is 0 Å². The fourth-order valence-electron chi connectivity index (χ4n) is 2.58. The summed E-state index contributed by atoms with van der Waals surface area (Å²) < 4.78 is 8.90. The van der Waals surface area contributed by atoms with E-state index in [1.807, 2.05) is 12.1 Å². The molecule has 0 aliphatic carbocycles. The van der Waals surface area contributed by atoms with Crippen molar-refractivity contribution in [2.75, 3.05) is 6.61 Å². The summed E-state index contributed by atoms with van der Waals surface area (Å²) in [5.41, 5.74) is 1.76. The van der Waals surface area contributed by atoms with Gasteiger partial charge in [-0.25, -0.2) is 14.3 Å². The van der Waals surface area contributed by atoms with Crippen LogP contribution in [0.2, 0.25) is 25.7 Å². The lowest BCUT2D eigenvalue weighted by Crippen LogP contribution is -2.26. The van der Waals surface area contributed by atoms with Gasteiger partial charge in [0.15, 0.2) is 5.65 Å². The van der Waals surface area contributed by atoms with Gasteiger partial charge in [-0.2, -0.15) is 0 Å². The lowest BCUT2D eigenvalue weighted by Gasteiger charge is -2.15. The van der Waals surface area contributed by atoms with Crippen molar-refractivity contribution in [2.45, 2.75) is 32.4 Å². The Balaban J connectivity index is 1.95. The summed E-state index contributed by atoms with van der Waals surface area (Å²) in [6.07, 6.45) is 1.66. The maximum absolute atomic E-state index is 12.9. The predicted molar refractivity (Wildman–Crippen MR) is 101 cm³/mol. The van der Waals surface area contributed by atoms with Gasteiger partial charge in [0.05, 0.1) is 11.2 Å². The average Bonchev–Trinajstić information content (AvgIpc) is 2.84. The van der Waals surface area contributed by atoms with Crippen LogP contribution < -0.4 is 5.69 Å². The van der Waals surface area contributed by atoms with Gasteiger partial charge in [0, 0.05) is 20.9 Å². The first kappa shape index (κ1) is 17.4. The molecule has 0 aliphatic rings. The molecule has 3 rings (SSSR count). The highest BCUT2D eigenvalue weighted by atomic mass is 28.3. The summed E-state index contributed by atoms with van der Waals surface area (Å²) in [6.45, 7) is 7.74. The van der Waals surface area contributed by atoms with Crippen LogP contribution in [0.3, 0.4) is 0 Å². The highest BCUT2D eigenvalue weighted by Crippen LogP contribution is 2.18. The maximum atomic E-state index is 12.9. The van der Waals surface area contributed by atoms with Crippen molar-refractivity contribution in [3.63, 3.8) is 0 Å². The molecule has 1 aromatic carbocycles. The lowest BCUT2D eigenvalue weighted by atomic mass is 10.3. The van der Waals surface area contributed by atoms with Crippen molar-refractivity contribution in [2.24, 2.45) is 0 Å². The van der Waals surface area contributed by atoms with Crippen LogP contribution in [0.25, 0.3) is 16.9 Å². The SMILES string of the molecule is C[Si](C)(C)CCOCn1c(=O)n(-c2ccc(O)cc2)c2ncccc21. The van der Waals surface area contributed by atoms with Crippen molar-refractivity contribution in [1.29, 1.82) is 0 Å². The fourth-order valence-corrected chi connectivity index (χ4v) is 3.34. The van der Waals surface area contributed by atoms with Gasteiger partial charge in [-0.1, -0.05) is 19.6 Å². The first-order chi connectivity index (χ1) is 11.9. The summed E-state index contributed by atoms with van der Waals surface area (Å²) in [7, 11) is -1.17. The standard InChI is InChI=1S/C18H23N3O3Si/c1-25(2,3)12-11-24-13-20-16-5-4-10-19-17(16)21(18(20)23)14-6-8-15(22)9-7-14/h4-10,22H,11-13H2,1-3H3. The van der Waals surface area contributed by atoms with Crippen molar-refractivity contribution in [1.82, 2.24) is 14.1 Å². The zero-order chi connectivity index (χ0) is 18.0. The molecule has 25 heavy (non-hydrogen) atoms. The van der Waals surface area contributed by atoms with Gasteiger partial charge in [-0.05, 0) is 42.4 Å². The van der Waals surface area contributed by atoms with E-state index in [0.29, 0.717) is 17.9 Å². The van der Waals surface area contributed by atoms with Crippen molar-refractivity contribution < 1.29 is 9.84 Å². The Kier molecular flexibility index (Phi) is 4.78. The molecule has 1 N–H and O–H groups in total. The molecule has 7 heteroatoms. The van der Waals surface area contributed by atoms with E-state index in [9.17, 15) is 9.90 Å². The second kappa shape index (κ2) is 6.85. The minimum atomic E-state index is -1.17. The fraction of sp³-hybridized carbons (Fsp3) is 0.333. The van der Waals surface area contributed by atoms with Gasteiger partial charge in [0.1, 0.15) is 12.5 Å². The van der Waals surface area contributed by atoms with Crippen LogP contribution in [0.5, 0.6) is 5.75 Å². The number of nitrogens with zero attached hydrogens (tertiary/aromatic N) is 3. The van der Waals surface area contributed by atoms with Gasteiger partial charge < -0.3 is 9.84 Å². The number of aromatic nitrogens is 3. The van der Waals surface area contributed by atoms with E-state index in [1.165, 1.54) is 4.57 Å². The van der Waals surface area contributed by atoms with Crippen LogP contribution in [-0.2, 0) is 11.5 Å². The molecular formula is C18H23N3O3Si. The molecule has 0 fully saturated rings. The first-order valence-electron chi connectivity index (χ1n) is 8.30. The molecule has 0 atom stereocenters. The number of benzene rings is 1. The summed E-state index contributed by atoms with van der Waals surface area (Å²) in [6, 6.07) is 11.2. The second-order valence-electron chi connectivity index (χ2n) is 7.26. The number of rotatable bonds is 6. The number of hydrogen-bond donors (Lipinski definition) is 1. The van der Waals surface area contributed by atoms with E-state index < -0.39 is 8.07 Å². The summed E-state index contributed by atoms with van der Waals surface area (Å²) in [5, 5.41) is 9.48. The van der Waals surface area contributed by atoms with Crippen LogP contribution >= 0.6 is 0 Å². The number of phenolic OH excluding ortho intramolecular Hbond substituents is 1.